The van der Waals surface area contributed by atoms with E-state index in [-0.39, 0.29) is 23.7 Å². The number of fused-ring (bicyclic) bond motifs is 1. The summed E-state index contributed by atoms with van der Waals surface area (Å²) in [4.78, 5) is 17.1. The molecule has 1 aliphatic rings. The van der Waals surface area contributed by atoms with E-state index in [0.29, 0.717) is 16.5 Å². The Balaban J connectivity index is 1.50. The topological polar surface area (TPSA) is 71.8 Å². The van der Waals surface area contributed by atoms with E-state index in [1.807, 2.05) is 36.4 Å². The van der Waals surface area contributed by atoms with Crippen molar-refractivity contribution in [2.75, 3.05) is 10.6 Å². The zero-order valence-corrected chi connectivity index (χ0v) is 17.4. The molecule has 158 valence electrons. The van der Waals surface area contributed by atoms with Crippen LogP contribution in [0, 0.1) is 5.82 Å². The molecule has 6 nitrogen and oxygen atoms in total. The maximum Gasteiger partial charge on any atom is 0.258 e. The predicted octanol–water partition coefficient (Wildman–Crippen LogP) is 5.38. The Morgan fingerprint density at radius 3 is 2.44 bits per heavy atom. The SMILES string of the molecule is O=C(Nc1nc2n(n1)[C@H](c1ccc(F)cc1)C=C(c1ccccc1)N2)c1ccc(Cl)cc1. The Morgan fingerprint density at radius 1 is 1.00 bits per heavy atom. The number of carbonyl (C=O) groups excluding carboxylic acids is 1. The van der Waals surface area contributed by atoms with Crippen molar-refractivity contribution in [3.05, 3.63) is 112 Å². The molecule has 0 unspecified atom stereocenters. The first-order valence-electron chi connectivity index (χ1n) is 9.90. The van der Waals surface area contributed by atoms with Gasteiger partial charge in [0.2, 0.25) is 5.95 Å². The summed E-state index contributed by atoms with van der Waals surface area (Å²) < 4.78 is 15.2. The highest BCUT2D eigenvalue weighted by Gasteiger charge is 2.26. The summed E-state index contributed by atoms with van der Waals surface area (Å²) in [6.45, 7) is 0. The van der Waals surface area contributed by atoms with Gasteiger partial charge in [0, 0.05) is 16.3 Å². The van der Waals surface area contributed by atoms with E-state index < -0.39 is 0 Å². The zero-order chi connectivity index (χ0) is 22.1. The highest BCUT2D eigenvalue weighted by Crippen LogP contribution is 2.33. The Bertz CT molecular complexity index is 1300. The molecule has 2 N–H and O–H groups in total. The normalized spacial score (nSPS) is 14.8. The predicted molar refractivity (Wildman–Crippen MR) is 122 cm³/mol. The quantitative estimate of drug-likeness (QED) is 0.442. The van der Waals surface area contributed by atoms with Gasteiger partial charge in [0.1, 0.15) is 11.9 Å². The fourth-order valence-corrected chi connectivity index (χ4v) is 3.63. The van der Waals surface area contributed by atoms with Crippen LogP contribution in [-0.4, -0.2) is 20.7 Å². The van der Waals surface area contributed by atoms with Crippen LogP contribution in [0.2, 0.25) is 5.02 Å². The Morgan fingerprint density at radius 2 is 1.72 bits per heavy atom. The molecule has 1 amide bonds. The summed E-state index contributed by atoms with van der Waals surface area (Å²) in [5.41, 5.74) is 3.09. The van der Waals surface area contributed by atoms with Crippen molar-refractivity contribution in [1.82, 2.24) is 14.8 Å². The lowest BCUT2D eigenvalue weighted by Gasteiger charge is -2.24. The maximum absolute atomic E-state index is 13.5. The highest BCUT2D eigenvalue weighted by molar-refractivity contribution is 6.30. The monoisotopic (exact) mass is 445 g/mol. The third-order valence-corrected chi connectivity index (χ3v) is 5.35. The molecule has 1 aliphatic heterocycles. The van der Waals surface area contributed by atoms with Crippen molar-refractivity contribution in [2.45, 2.75) is 6.04 Å². The number of amides is 1. The summed E-state index contributed by atoms with van der Waals surface area (Å²) in [7, 11) is 0. The molecule has 0 radical (unpaired) electrons. The summed E-state index contributed by atoms with van der Waals surface area (Å²) >= 11 is 5.90. The van der Waals surface area contributed by atoms with Crippen molar-refractivity contribution in [1.29, 1.82) is 0 Å². The molecule has 0 aliphatic carbocycles. The minimum absolute atomic E-state index is 0.155. The standard InChI is InChI=1S/C24H17ClFN5O/c25-18-10-6-17(7-11-18)22(32)28-23-29-24-27-20(15-4-2-1-3-5-15)14-21(31(24)30-23)16-8-12-19(26)13-9-16/h1-14,21H,(H2,27,28,29,30,32)/t21-/m0/s1. The van der Waals surface area contributed by atoms with Gasteiger partial charge in [0.05, 0.1) is 0 Å². The second-order valence-electron chi connectivity index (χ2n) is 7.23. The van der Waals surface area contributed by atoms with Crippen LogP contribution < -0.4 is 10.6 Å². The van der Waals surface area contributed by atoms with E-state index in [1.54, 1.807) is 41.1 Å². The average molecular weight is 446 g/mol. The second kappa shape index (κ2) is 8.28. The van der Waals surface area contributed by atoms with Crippen LogP contribution in [-0.2, 0) is 0 Å². The second-order valence-corrected chi connectivity index (χ2v) is 7.67. The molecule has 0 bridgehead atoms. The molecule has 2 heterocycles. The average Bonchev–Trinajstić information content (AvgIpc) is 3.22. The van der Waals surface area contributed by atoms with Gasteiger partial charge in [-0.2, -0.15) is 4.98 Å². The van der Waals surface area contributed by atoms with Crippen LogP contribution in [0.4, 0.5) is 16.3 Å². The largest absolute Gasteiger partial charge is 0.324 e. The minimum Gasteiger partial charge on any atom is -0.324 e. The van der Waals surface area contributed by atoms with Gasteiger partial charge in [-0.1, -0.05) is 54.1 Å². The fourth-order valence-electron chi connectivity index (χ4n) is 3.50. The van der Waals surface area contributed by atoms with E-state index in [0.717, 1.165) is 16.8 Å². The molecule has 4 aromatic rings. The van der Waals surface area contributed by atoms with Gasteiger partial charge in [-0.3, -0.25) is 10.1 Å². The number of aromatic nitrogens is 3. The number of allylic oxidation sites excluding steroid dienone is 1. The lowest BCUT2D eigenvalue weighted by atomic mass is 10.0. The maximum atomic E-state index is 13.5. The Kier molecular flexibility index (Phi) is 5.17. The number of carbonyl (C=O) groups is 1. The van der Waals surface area contributed by atoms with Gasteiger partial charge in [-0.25, -0.2) is 9.07 Å². The number of anilines is 2. The van der Waals surface area contributed by atoms with Gasteiger partial charge in [0.15, 0.2) is 0 Å². The molecule has 8 heteroatoms. The summed E-state index contributed by atoms with van der Waals surface area (Å²) in [5, 5.41) is 11.0. The van der Waals surface area contributed by atoms with Gasteiger partial charge in [0.25, 0.3) is 11.9 Å². The first-order chi connectivity index (χ1) is 15.6. The van der Waals surface area contributed by atoms with E-state index >= 15 is 0 Å². The third kappa shape index (κ3) is 3.98. The van der Waals surface area contributed by atoms with E-state index in [4.69, 9.17) is 11.6 Å². The van der Waals surface area contributed by atoms with Gasteiger partial charge < -0.3 is 5.32 Å². The highest BCUT2D eigenvalue weighted by atomic mass is 35.5. The van der Waals surface area contributed by atoms with E-state index in [1.165, 1.54) is 12.1 Å². The molecular weight excluding hydrogens is 429 g/mol. The lowest BCUT2D eigenvalue weighted by molar-refractivity contribution is 0.102. The van der Waals surface area contributed by atoms with Crippen molar-refractivity contribution < 1.29 is 9.18 Å². The zero-order valence-electron chi connectivity index (χ0n) is 16.7. The molecule has 0 fully saturated rings. The minimum atomic E-state index is -0.348. The van der Waals surface area contributed by atoms with Gasteiger partial charge >= 0.3 is 0 Å². The van der Waals surface area contributed by atoms with Gasteiger partial charge in [-0.15, -0.1) is 5.10 Å². The van der Waals surface area contributed by atoms with Crippen LogP contribution in [0.25, 0.3) is 5.70 Å². The number of hydrogen-bond acceptors (Lipinski definition) is 4. The van der Waals surface area contributed by atoms with Crippen LogP contribution in [0.1, 0.15) is 27.5 Å². The number of nitrogens with zero attached hydrogens (tertiary/aromatic N) is 3. The smallest absolute Gasteiger partial charge is 0.258 e. The van der Waals surface area contributed by atoms with Crippen LogP contribution >= 0.6 is 11.6 Å². The van der Waals surface area contributed by atoms with Crippen LogP contribution in [0.15, 0.2) is 84.9 Å². The first-order valence-corrected chi connectivity index (χ1v) is 10.3. The number of hydrogen-bond donors (Lipinski definition) is 2. The number of halogens is 2. The van der Waals surface area contributed by atoms with Crippen LogP contribution in [0.5, 0.6) is 0 Å². The summed E-state index contributed by atoms with van der Waals surface area (Å²) in [5.74, 6) is -0.0433. The Labute approximate surface area is 188 Å². The van der Waals surface area contributed by atoms with Crippen molar-refractivity contribution in [2.24, 2.45) is 0 Å². The van der Waals surface area contributed by atoms with E-state index in [9.17, 15) is 9.18 Å². The third-order valence-electron chi connectivity index (χ3n) is 5.09. The molecule has 0 spiro atoms. The Hall–Kier alpha value is -3.97. The number of rotatable bonds is 4. The van der Waals surface area contributed by atoms with Crippen molar-refractivity contribution in [3.63, 3.8) is 0 Å². The molecule has 1 aromatic heterocycles. The number of nitrogens with one attached hydrogen (secondary N) is 2. The summed E-state index contributed by atoms with van der Waals surface area (Å²) in [6, 6.07) is 22.2. The molecule has 0 saturated heterocycles. The first kappa shape index (κ1) is 20.0. The van der Waals surface area contributed by atoms with Crippen molar-refractivity contribution >= 4 is 35.1 Å². The fraction of sp³-hybridized carbons (Fsp3) is 0.0417. The molecular formula is C24H17ClFN5O. The summed E-state index contributed by atoms with van der Waals surface area (Å²) in [6.07, 6.45) is 2.00. The van der Waals surface area contributed by atoms with Gasteiger partial charge in [-0.05, 0) is 53.6 Å². The molecule has 32 heavy (non-hydrogen) atoms. The number of benzene rings is 3. The van der Waals surface area contributed by atoms with Crippen molar-refractivity contribution in [3.8, 4) is 0 Å². The molecule has 5 rings (SSSR count). The molecule has 0 saturated carbocycles. The van der Waals surface area contributed by atoms with Crippen LogP contribution in [0.3, 0.4) is 0 Å². The lowest BCUT2D eigenvalue weighted by Crippen LogP contribution is -2.20. The van der Waals surface area contributed by atoms with E-state index in [2.05, 4.69) is 20.7 Å². The molecule has 1 atom stereocenters. The molecule has 3 aromatic carbocycles.